The number of fused-ring (bicyclic) bond motifs is 2. The van der Waals surface area contributed by atoms with Crippen molar-refractivity contribution in [2.45, 2.75) is 19.4 Å². The molecule has 0 fully saturated rings. The molecule has 6 nitrogen and oxygen atoms in total. The van der Waals surface area contributed by atoms with Crippen molar-refractivity contribution in [3.63, 3.8) is 0 Å². The van der Waals surface area contributed by atoms with E-state index in [0.29, 0.717) is 22.7 Å². The molecule has 0 radical (unpaired) electrons. The first kappa shape index (κ1) is 17.9. The molecular formula is C22H19ClN4O2. The summed E-state index contributed by atoms with van der Waals surface area (Å²) in [5.41, 5.74) is 6.07. The molecule has 0 saturated carbocycles. The van der Waals surface area contributed by atoms with Crippen LogP contribution in [0.15, 0.2) is 53.3 Å². The van der Waals surface area contributed by atoms with Gasteiger partial charge in [-0.3, -0.25) is 14.5 Å². The first-order chi connectivity index (χ1) is 14.0. The fourth-order valence-corrected chi connectivity index (χ4v) is 4.34. The molecule has 1 amide bonds. The van der Waals surface area contributed by atoms with E-state index in [-0.39, 0.29) is 11.9 Å². The Morgan fingerprint density at radius 2 is 2.14 bits per heavy atom. The Hall–Kier alpha value is -3.12. The third-order valence-electron chi connectivity index (χ3n) is 5.55. The van der Waals surface area contributed by atoms with Gasteiger partial charge < -0.3 is 9.32 Å². The van der Waals surface area contributed by atoms with Crippen LogP contribution in [-0.2, 0) is 13.5 Å². The molecule has 1 aliphatic rings. The van der Waals surface area contributed by atoms with E-state index in [2.05, 4.69) is 4.98 Å². The van der Waals surface area contributed by atoms with Crippen molar-refractivity contribution in [1.29, 1.82) is 0 Å². The highest BCUT2D eigenvalue weighted by molar-refractivity contribution is 6.30. The number of hydrogen-bond donors (Lipinski definition) is 0. The predicted molar refractivity (Wildman–Crippen MR) is 111 cm³/mol. The van der Waals surface area contributed by atoms with Gasteiger partial charge in [0.2, 0.25) is 0 Å². The van der Waals surface area contributed by atoms with Crippen LogP contribution in [0, 0.1) is 0 Å². The lowest BCUT2D eigenvalue weighted by atomic mass is 9.95. The average molecular weight is 407 g/mol. The minimum absolute atomic E-state index is 0.0658. The van der Waals surface area contributed by atoms with Crippen LogP contribution in [0.5, 0.6) is 0 Å². The molecule has 1 atom stereocenters. The number of pyridine rings is 1. The quantitative estimate of drug-likeness (QED) is 0.486. The molecule has 3 aromatic heterocycles. The molecule has 0 spiro atoms. The van der Waals surface area contributed by atoms with Crippen LogP contribution in [0.25, 0.3) is 22.4 Å². The van der Waals surface area contributed by atoms with Crippen molar-refractivity contribution in [3.8, 4) is 11.3 Å². The molecule has 146 valence electrons. The number of amides is 1. The van der Waals surface area contributed by atoms with Gasteiger partial charge in [-0.15, -0.1) is 0 Å². The first-order valence-corrected chi connectivity index (χ1v) is 9.86. The molecule has 1 aliphatic heterocycles. The van der Waals surface area contributed by atoms with Crippen LogP contribution >= 0.6 is 11.6 Å². The Morgan fingerprint density at radius 3 is 2.97 bits per heavy atom. The number of aryl methyl sites for hydroxylation is 1. The lowest BCUT2D eigenvalue weighted by molar-refractivity contribution is 0.0673. The third-order valence-corrected chi connectivity index (χ3v) is 5.79. The summed E-state index contributed by atoms with van der Waals surface area (Å²) in [6, 6.07) is 11.2. The number of carbonyl (C=O) groups excluding carboxylic acids is 1. The number of halogens is 1. The summed E-state index contributed by atoms with van der Waals surface area (Å²) in [5, 5.41) is 5.45. The van der Waals surface area contributed by atoms with Gasteiger partial charge in [0.15, 0.2) is 5.58 Å². The Balaban J connectivity index is 1.50. The van der Waals surface area contributed by atoms with Gasteiger partial charge in [-0.25, -0.2) is 0 Å². The number of benzene rings is 1. The number of hydrogen-bond acceptors (Lipinski definition) is 4. The first-order valence-electron chi connectivity index (χ1n) is 9.49. The van der Waals surface area contributed by atoms with E-state index in [0.717, 1.165) is 28.9 Å². The van der Waals surface area contributed by atoms with Crippen molar-refractivity contribution in [1.82, 2.24) is 19.7 Å². The maximum atomic E-state index is 13.2. The number of rotatable bonds is 2. The number of aromatic nitrogens is 3. The predicted octanol–water partition coefficient (Wildman–Crippen LogP) is 4.64. The zero-order valence-electron chi connectivity index (χ0n) is 16.1. The fourth-order valence-electron chi connectivity index (χ4n) is 4.15. The van der Waals surface area contributed by atoms with Crippen molar-refractivity contribution in [3.05, 3.63) is 70.7 Å². The molecule has 0 bridgehead atoms. The molecule has 4 heterocycles. The fraction of sp³-hybridized carbons (Fsp3) is 0.227. The van der Waals surface area contributed by atoms with Crippen molar-refractivity contribution in [2.75, 3.05) is 6.54 Å². The van der Waals surface area contributed by atoms with E-state index in [1.165, 1.54) is 5.56 Å². The summed E-state index contributed by atoms with van der Waals surface area (Å²) in [7, 11) is 1.93. The molecule has 29 heavy (non-hydrogen) atoms. The second-order valence-corrected chi connectivity index (χ2v) is 7.74. The summed E-state index contributed by atoms with van der Waals surface area (Å²) >= 11 is 6.20. The number of nitrogens with zero attached hydrogens (tertiary/aromatic N) is 4. The van der Waals surface area contributed by atoms with Crippen LogP contribution in [0.3, 0.4) is 0 Å². The Morgan fingerprint density at radius 1 is 1.28 bits per heavy atom. The summed E-state index contributed by atoms with van der Waals surface area (Å²) in [6.45, 7) is 2.63. The molecule has 0 saturated heterocycles. The van der Waals surface area contributed by atoms with E-state index in [1.54, 1.807) is 24.6 Å². The van der Waals surface area contributed by atoms with Gasteiger partial charge in [0.25, 0.3) is 5.91 Å². The van der Waals surface area contributed by atoms with Crippen LogP contribution in [-0.4, -0.2) is 32.1 Å². The van der Waals surface area contributed by atoms with Crippen LogP contribution in [0.1, 0.15) is 34.6 Å². The molecule has 0 unspecified atom stereocenters. The lowest BCUT2D eigenvalue weighted by Gasteiger charge is -2.33. The molecule has 0 N–H and O–H groups in total. The minimum Gasteiger partial charge on any atom is -0.463 e. The van der Waals surface area contributed by atoms with Crippen LogP contribution < -0.4 is 0 Å². The molecule has 5 rings (SSSR count). The highest BCUT2D eigenvalue weighted by Gasteiger charge is 2.33. The second kappa shape index (κ2) is 6.74. The highest BCUT2D eigenvalue weighted by Crippen LogP contribution is 2.36. The van der Waals surface area contributed by atoms with Crippen LogP contribution in [0.2, 0.25) is 5.02 Å². The van der Waals surface area contributed by atoms with Gasteiger partial charge >= 0.3 is 0 Å². The topological polar surface area (TPSA) is 64.2 Å². The van der Waals surface area contributed by atoms with Crippen LogP contribution in [0.4, 0.5) is 0 Å². The zero-order chi connectivity index (χ0) is 20.1. The average Bonchev–Trinajstić information content (AvgIpc) is 3.31. The molecule has 7 heteroatoms. The Labute approximate surface area is 172 Å². The van der Waals surface area contributed by atoms with Gasteiger partial charge in [0.1, 0.15) is 5.52 Å². The second-order valence-electron chi connectivity index (χ2n) is 7.30. The summed E-state index contributed by atoms with van der Waals surface area (Å²) < 4.78 is 7.28. The summed E-state index contributed by atoms with van der Waals surface area (Å²) in [6.07, 6.45) is 3.92. The largest absolute Gasteiger partial charge is 0.463 e. The maximum absolute atomic E-state index is 13.2. The van der Waals surface area contributed by atoms with Gasteiger partial charge in [-0.2, -0.15) is 5.10 Å². The van der Waals surface area contributed by atoms with E-state index >= 15 is 0 Å². The van der Waals surface area contributed by atoms with E-state index < -0.39 is 0 Å². The number of carbonyl (C=O) groups is 1. The Bertz CT molecular complexity index is 1240. The normalized spacial score (nSPS) is 16.2. The van der Waals surface area contributed by atoms with Gasteiger partial charge in [0, 0.05) is 42.0 Å². The van der Waals surface area contributed by atoms with Crippen molar-refractivity contribution < 1.29 is 9.21 Å². The monoisotopic (exact) mass is 406 g/mol. The third kappa shape index (κ3) is 2.91. The van der Waals surface area contributed by atoms with Gasteiger partial charge in [0.05, 0.1) is 29.3 Å². The standard InChI is InChI=1S/C22H19ClN4O2/c1-13-20-17(21(26(2)25-20)14-4-3-5-16(23)10-14)6-8-27(13)22(28)15-11-19-18(24-12-15)7-9-29-19/h3-5,7,9-13H,6,8H2,1-2H3/t13-/m1/s1. The SMILES string of the molecule is C[C@@H]1c2nn(C)c(-c3cccc(Cl)c3)c2CCN1C(=O)c1cnc2ccoc2c1. The van der Waals surface area contributed by atoms with E-state index in [1.807, 2.05) is 47.8 Å². The summed E-state index contributed by atoms with van der Waals surface area (Å²) in [4.78, 5) is 19.4. The molecule has 0 aliphatic carbocycles. The Kier molecular flexibility index (Phi) is 4.17. The molecule has 1 aromatic carbocycles. The van der Waals surface area contributed by atoms with E-state index in [4.69, 9.17) is 21.1 Å². The zero-order valence-corrected chi connectivity index (χ0v) is 16.8. The van der Waals surface area contributed by atoms with E-state index in [9.17, 15) is 4.79 Å². The maximum Gasteiger partial charge on any atom is 0.256 e. The lowest BCUT2D eigenvalue weighted by Crippen LogP contribution is -2.39. The van der Waals surface area contributed by atoms with Crippen molar-refractivity contribution in [2.24, 2.45) is 7.05 Å². The van der Waals surface area contributed by atoms with Crippen molar-refractivity contribution >= 4 is 28.6 Å². The number of furan rings is 1. The van der Waals surface area contributed by atoms with Gasteiger partial charge in [-0.05, 0) is 31.5 Å². The van der Waals surface area contributed by atoms with Gasteiger partial charge in [-0.1, -0.05) is 23.7 Å². The minimum atomic E-state index is -0.141. The smallest absolute Gasteiger partial charge is 0.256 e. The molecule has 4 aromatic rings. The highest BCUT2D eigenvalue weighted by atomic mass is 35.5. The summed E-state index contributed by atoms with van der Waals surface area (Å²) in [5.74, 6) is -0.0658. The molecular weight excluding hydrogens is 388 g/mol.